The maximum absolute atomic E-state index is 10.5. The molecule has 0 aliphatic carbocycles. The van der Waals surface area contributed by atoms with Gasteiger partial charge >= 0.3 is 5.97 Å². The van der Waals surface area contributed by atoms with Gasteiger partial charge in [0.2, 0.25) is 0 Å². The van der Waals surface area contributed by atoms with Gasteiger partial charge in [-0.3, -0.25) is 0 Å². The third-order valence-electron chi connectivity index (χ3n) is 1.57. The molecule has 15 heavy (non-hydrogen) atoms. The fraction of sp³-hybridized carbons (Fsp3) is 0. The van der Waals surface area contributed by atoms with E-state index >= 15 is 0 Å². The van der Waals surface area contributed by atoms with Gasteiger partial charge in [-0.2, -0.15) is 0 Å². The summed E-state index contributed by atoms with van der Waals surface area (Å²) in [6, 6.07) is 3.25. The van der Waals surface area contributed by atoms with Crippen LogP contribution in [0, 0.1) is 0 Å². The Morgan fingerprint density at radius 3 is 2.53 bits per heavy atom. The van der Waals surface area contributed by atoms with Crippen LogP contribution in [0.5, 0.6) is 5.75 Å². The number of carboxylic acids is 1. The zero-order valence-corrected chi connectivity index (χ0v) is 11.3. The van der Waals surface area contributed by atoms with E-state index in [1.54, 1.807) is 12.1 Å². The van der Waals surface area contributed by atoms with Crippen molar-refractivity contribution < 1.29 is 15.0 Å². The Hall–Kier alpha value is -0.460. The van der Waals surface area contributed by atoms with Crippen molar-refractivity contribution in [3.63, 3.8) is 0 Å². The molecule has 0 bridgehead atoms. The number of phenols is 1. The van der Waals surface area contributed by atoms with Crippen LogP contribution < -0.4 is 0 Å². The molecule has 0 atom stereocenters. The van der Waals surface area contributed by atoms with Gasteiger partial charge in [-0.25, -0.2) is 4.79 Å². The molecule has 1 aromatic rings. The number of thiol groups is 1. The normalized spacial score (nSPS) is 11.5. The van der Waals surface area contributed by atoms with E-state index in [4.69, 9.17) is 5.11 Å². The van der Waals surface area contributed by atoms with Crippen LogP contribution in [0.15, 0.2) is 26.0 Å². The van der Waals surface area contributed by atoms with E-state index in [-0.39, 0.29) is 10.7 Å². The van der Waals surface area contributed by atoms with Crippen molar-refractivity contribution in [3.05, 3.63) is 31.5 Å². The van der Waals surface area contributed by atoms with Crippen molar-refractivity contribution in [2.45, 2.75) is 0 Å². The molecule has 0 unspecified atom stereocenters. The molecule has 0 radical (unpaired) electrons. The number of phenolic OH excluding ortho intramolecular Hbond substituents is 1. The number of carbonyl (C=O) groups is 1. The number of benzene rings is 1. The zero-order chi connectivity index (χ0) is 11.6. The number of aromatic hydroxyl groups is 1. The highest BCUT2D eigenvalue weighted by molar-refractivity contribution is 9.11. The number of hydrogen-bond acceptors (Lipinski definition) is 3. The molecule has 6 heteroatoms. The Morgan fingerprint density at radius 1 is 1.40 bits per heavy atom. The lowest BCUT2D eigenvalue weighted by Gasteiger charge is -2.03. The smallest absolute Gasteiger partial charge is 0.341 e. The molecule has 0 fully saturated rings. The van der Waals surface area contributed by atoms with Gasteiger partial charge in [-0.15, -0.1) is 12.6 Å². The van der Waals surface area contributed by atoms with Crippen molar-refractivity contribution in [1.82, 2.24) is 0 Å². The molecule has 0 saturated carbocycles. The van der Waals surface area contributed by atoms with Crippen LogP contribution in [0.1, 0.15) is 5.56 Å². The average Bonchev–Trinajstić information content (AvgIpc) is 2.13. The molecule has 0 aliphatic heterocycles. The van der Waals surface area contributed by atoms with Gasteiger partial charge in [0.15, 0.2) is 0 Å². The number of hydrogen-bond donors (Lipinski definition) is 3. The van der Waals surface area contributed by atoms with E-state index in [9.17, 15) is 9.90 Å². The van der Waals surface area contributed by atoms with E-state index in [2.05, 4.69) is 44.5 Å². The van der Waals surface area contributed by atoms with Crippen LogP contribution in [0.25, 0.3) is 6.08 Å². The second kappa shape index (κ2) is 5.05. The Labute approximate surface area is 108 Å². The van der Waals surface area contributed by atoms with Crippen LogP contribution in [0.2, 0.25) is 0 Å². The Balaban J connectivity index is 3.26. The van der Waals surface area contributed by atoms with Crippen molar-refractivity contribution in [2.75, 3.05) is 0 Å². The van der Waals surface area contributed by atoms with Gasteiger partial charge < -0.3 is 10.2 Å². The molecule has 1 aromatic carbocycles. The average molecular weight is 354 g/mol. The first-order valence-electron chi connectivity index (χ1n) is 3.73. The SMILES string of the molecule is O=C(O)/C(S)=C/c1cc(Br)cc(Br)c1O. The van der Waals surface area contributed by atoms with Gasteiger partial charge in [0.1, 0.15) is 5.75 Å². The fourth-order valence-electron chi connectivity index (χ4n) is 0.905. The van der Waals surface area contributed by atoms with E-state index in [1.807, 2.05) is 0 Å². The summed E-state index contributed by atoms with van der Waals surface area (Å²) < 4.78 is 1.21. The van der Waals surface area contributed by atoms with Gasteiger partial charge in [-0.05, 0) is 34.1 Å². The van der Waals surface area contributed by atoms with Gasteiger partial charge in [0.05, 0.1) is 9.38 Å². The minimum atomic E-state index is -1.14. The lowest BCUT2D eigenvalue weighted by Crippen LogP contribution is -1.93. The van der Waals surface area contributed by atoms with Crippen LogP contribution >= 0.6 is 44.5 Å². The van der Waals surface area contributed by atoms with Crippen molar-refractivity contribution in [1.29, 1.82) is 0 Å². The molecular weight excluding hydrogens is 348 g/mol. The van der Waals surface area contributed by atoms with Gasteiger partial charge in [0.25, 0.3) is 0 Å². The molecule has 0 saturated heterocycles. The summed E-state index contributed by atoms with van der Waals surface area (Å²) in [6.07, 6.45) is 1.27. The highest BCUT2D eigenvalue weighted by Crippen LogP contribution is 2.33. The largest absolute Gasteiger partial charge is 0.506 e. The minimum Gasteiger partial charge on any atom is -0.506 e. The third-order valence-corrected chi connectivity index (χ3v) is 2.95. The van der Waals surface area contributed by atoms with Crippen LogP contribution in [-0.4, -0.2) is 16.2 Å². The highest BCUT2D eigenvalue weighted by atomic mass is 79.9. The zero-order valence-electron chi connectivity index (χ0n) is 7.24. The lowest BCUT2D eigenvalue weighted by molar-refractivity contribution is -0.131. The fourth-order valence-corrected chi connectivity index (χ4v) is 2.30. The Bertz CT molecular complexity index is 443. The Morgan fingerprint density at radius 2 is 2.00 bits per heavy atom. The predicted octanol–water partition coefficient (Wildman–Crippen LogP) is 3.27. The predicted molar refractivity (Wildman–Crippen MR) is 68.1 cm³/mol. The molecule has 80 valence electrons. The summed E-state index contributed by atoms with van der Waals surface area (Å²) in [4.78, 5) is 10.4. The first kappa shape index (κ1) is 12.6. The third kappa shape index (κ3) is 3.25. The van der Waals surface area contributed by atoms with E-state index in [0.29, 0.717) is 10.0 Å². The summed E-state index contributed by atoms with van der Waals surface area (Å²) in [5.74, 6) is -1.17. The molecule has 2 N–H and O–H groups in total. The second-order valence-corrected chi connectivity index (χ2v) is 4.91. The molecule has 0 spiro atoms. The summed E-state index contributed by atoms with van der Waals surface area (Å²) in [6.45, 7) is 0. The first-order chi connectivity index (χ1) is 6.91. The molecule has 0 heterocycles. The molecule has 1 rings (SSSR count). The minimum absolute atomic E-state index is 0.0222. The number of aliphatic carboxylic acids is 1. The first-order valence-corrected chi connectivity index (χ1v) is 5.77. The highest BCUT2D eigenvalue weighted by Gasteiger charge is 2.08. The molecule has 3 nitrogen and oxygen atoms in total. The number of rotatable bonds is 2. The van der Waals surface area contributed by atoms with Gasteiger partial charge in [0, 0.05) is 10.0 Å². The standard InChI is InChI=1S/C9H6Br2O3S/c10-5-1-4(2-7(15)9(13)14)8(12)6(11)3-5/h1-3,12,15H,(H,13,14)/b7-2-. The van der Waals surface area contributed by atoms with E-state index in [0.717, 1.165) is 4.47 Å². The van der Waals surface area contributed by atoms with Crippen molar-refractivity contribution >= 4 is 56.5 Å². The lowest BCUT2D eigenvalue weighted by atomic mass is 10.2. The van der Waals surface area contributed by atoms with Crippen LogP contribution in [-0.2, 0) is 4.79 Å². The molecule has 0 amide bonds. The van der Waals surface area contributed by atoms with Crippen molar-refractivity contribution in [3.8, 4) is 5.75 Å². The quantitative estimate of drug-likeness (QED) is 0.565. The monoisotopic (exact) mass is 352 g/mol. The number of carboxylic acid groups (broad SMARTS) is 1. The van der Waals surface area contributed by atoms with E-state index in [1.165, 1.54) is 6.08 Å². The Kier molecular flexibility index (Phi) is 4.24. The molecule has 0 aromatic heterocycles. The van der Waals surface area contributed by atoms with E-state index < -0.39 is 5.97 Å². The van der Waals surface area contributed by atoms with Crippen molar-refractivity contribution in [2.24, 2.45) is 0 Å². The van der Waals surface area contributed by atoms with Crippen LogP contribution in [0.4, 0.5) is 0 Å². The summed E-state index contributed by atoms with van der Waals surface area (Å²) in [5, 5.41) is 18.2. The van der Waals surface area contributed by atoms with Gasteiger partial charge in [-0.1, -0.05) is 15.9 Å². The summed E-state index contributed by atoms with van der Waals surface area (Å²) in [7, 11) is 0. The maximum atomic E-state index is 10.5. The summed E-state index contributed by atoms with van der Waals surface area (Å²) in [5.41, 5.74) is 0.378. The molecule has 0 aliphatic rings. The molecular formula is C9H6Br2O3S. The maximum Gasteiger partial charge on any atom is 0.341 e. The second-order valence-electron chi connectivity index (χ2n) is 2.66. The topological polar surface area (TPSA) is 57.5 Å². The number of halogens is 2. The summed E-state index contributed by atoms with van der Waals surface area (Å²) >= 11 is 10.1. The van der Waals surface area contributed by atoms with Crippen LogP contribution in [0.3, 0.4) is 0 Å².